The van der Waals surface area contributed by atoms with Crippen LogP contribution < -0.4 is 10.1 Å². The number of carbonyl (C=O) groups excluding carboxylic acids is 2. The number of hydrogen-bond donors (Lipinski definition) is 1. The molecule has 132 valence electrons. The minimum atomic E-state index is -0.730. The average Bonchev–Trinajstić information content (AvgIpc) is 2.55. The molecule has 0 aliphatic rings. The van der Waals surface area contributed by atoms with Crippen LogP contribution in [0.3, 0.4) is 0 Å². The van der Waals surface area contributed by atoms with Crippen molar-refractivity contribution in [2.24, 2.45) is 0 Å². The van der Waals surface area contributed by atoms with E-state index in [0.717, 1.165) is 4.47 Å². The van der Waals surface area contributed by atoms with Gasteiger partial charge in [-0.05, 0) is 24.3 Å². The summed E-state index contributed by atoms with van der Waals surface area (Å²) in [6, 6.07) is 9.80. The Kier molecular flexibility index (Phi) is 7.38. The first-order valence-electron chi connectivity index (χ1n) is 6.83. The molecule has 0 spiro atoms. The lowest BCUT2D eigenvalue weighted by Gasteiger charge is -2.10. The molecule has 2 aromatic rings. The van der Waals surface area contributed by atoms with Crippen LogP contribution in [0, 0.1) is 0 Å². The van der Waals surface area contributed by atoms with Crippen LogP contribution in [0.1, 0.15) is 0 Å². The Balaban J connectivity index is 1.79. The van der Waals surface area contributed by atoms with E-state index in [2.05, 4.69) is 21.2 Å². The largest absolute Gasteiger partial charge is 0.480 e. The summed E-state index contributed by atoms with van der Waals surface area (Å²) in [6.07, 6.45) is 0. The first-order chi connectivity index (χ1) is 11.8. The summed E-state index contributed by atoms with van der Waals surface area (Å²) in [5.74, 6) is -1.02. The van der Waals surface area contributed by atoms with Gasteiger partial charge in [-0.25, -0.2) is 4.79 Å². The molecule has 0 radical (unpaired) electrons. The Morgan fingerprint density at radius 3 is 2.44 bits per heavy atom. The summed E-state index contributed by atoms with van der Waals surface area (Å²) < 4.78 is 10.9. The van der Waals surface area contributed by atoms with E-state index in [-0.39, 0.29) is 20.8 Å². The van der Waals surface area contributed by atoms with Crippen molar-refractivity contribution in [1.29, 1.82) is 0 Å². The van der Waals surface area contributed by atoms with Gasteiger partial charge < -0.3 is 14.8 Å². The molecule has 1 amide bonds. The quantitative estimate of drug-likeness (QED) is 0.481. The van der Waals surface area contributed by atoms with Crippen LogP contribution in [0.15, 0.2) is 40.9 Å². The van der Waals surface area contributed by atoms with E-state index in [1.54, 1.807) is 18.2 Å². The Morgan fingerprint density at radius 1 is 1.00 bits per heavy atom. The second-order valence-electron chi connectivity index (χ2n) is 4.70. The fraction of sp³-hybridized carbons (Fsp3) is 0.125. The second kappa shape index (κ2) is 9.29. The zero-order chi connectivity index (χ0) is 18.4. The van der Waals surface area contributed by atoms with E-state index < -0.39 is 25.1 Å². The highest BCUT2D eigenvalue weighted by Gasteiger charge is 2.12. The number of benzene rings is 2. The van der Waals surface area contributed by atoms with Crippen molar-refractivity contribution in [3.8, 4) is 5.75 Å². The number of hydrogen-bond acceptors (Lipinski definition) is 4. The van der Waals surface area contributed by atoms with E-state index in [4.69, 9.17) is 44.3 Å². The summed E-state index contributed by atoms with van der Waals surface area (Å²) in [7, 11) is 0. The smallest absolute Gasteiger partial charge is 0.344 e. The fourth-order valence-corrected chi connectivity index (χ4v) is 2.69. The van der Waals surface area contributed by atoms with Crippen molar-refractivity contribution in [2.45, 2.75) is 0 Å². The summed E-state index contributed by atoms with van der Waals surface area (Å²) in [4.78, 5) is 23.4. The van der Waals surface area contributed by atoms with E-state index in [0.29, 0.717) is 5.69 Å². The molecule has 0 heterocycles. The molecule has 0 bridgehead atoms. The molecule has 2 aromatic carbocycles. The summed E-state index contributed by atoms with van der Waals surface area (Å²) in [5, 5.41) is 3.31. The number of ether oxygens (including phenoxy) is 2. The molecule has 0 aliphatic heterocycles. The predicted molar refractivity (Wildman–Crippen MR) is 101 cm³/mol. The molecular formula is C16H11BrCl3NO4. The molecule has 1 N–H and O–H groups in total. The molecule has 25 heavy (non-hydrogen) atoms. The maximum Gasteiger partial charge on any atom is 0.344 e. The average molecular weight is 468 g/mol. The van der Waals surface area contributed by atoms with Crippen molar-refractivity contribution in [1.82, 2.24) is 0 Å². The van der Waals surface area contributed by atoms with E-state index in [1.165, 1.54) is 12.1 Å². The van der Waals surface area contributed by atoms with Crippen LogP contribution >= 0.6 is 50.7 Å². The third-order valence-corrected chi connectivity index (χ3v) is 4.30. The van der Waals surface area contributed by atoms with Crippen molar-refractivity contribution in [3.05, 3.63) is 55.9 Å². The highest BCUT2D eigenvalue weighted by atomic mass is 79.9. The second-order valence-corrected chi connectivity index (χ2v) is 6.84. The van der Waals surface area contributed by atoms with Gasteiger partial charge >= 0.3 is 5.97 Å². The number of carbonyl (C=O) groups is 2. The van der Waals surface area contributed by atoms with Crippen molar-refractivity contribution in [3.63, 3.8) is 0 Å². The van der Waals surface area contributed by atoms with E-state index in [9.17, 15) is 9.59 Å². The highest BCUT2D eigenvalue weighted by molar-refractivity contribution is 9.10. The van der Waals surface area contributed by atoms with Gasteiger partial charge in [0.2, 0.25) is 0 Å². The number of rotatable bonds is 6. The number of halogens is 4. The van der Waals surface area contributed by atoms with Gasteiger partial charge in [0.05, 0.1) is 15.1 Å². The van der Waals surface area contributed by atoms with Crippen molar-refractivity contribution in [2.75, 3.05) is 18.5 Å². The Bertz CT molecular complexity index is 801. The third kappa shape index (κ3) is 6.40. The predicted octanol–water partition coefficient (Wildman–Crippen LogP) is 4.97. The summed E-state index contributed by atoms with van der Waals surface area (Å²) in [6.45, 7) is -0.869. The van der Waals surface area contributed by atoms with Gasteiger partial charge in [0, 0.05) is 16.2 Å². The van der Waals surface area contributed by atoms with Gasteiger partial charge in [0.25, 0.3) is 5.91 Å². The first-order valence-corrected chi connectivity index (χ1v) is 8.76. The van der Waals surface area contributed by atoms with Crippen LogP contribution in [-0.4, -0.2) is 25.1 Å². The van der Waals surface area contributed by atoms with Crippen LogP contribution in [0.4, 0.5) is 5.69 Å². The minimum Gasteiger partial charge on any atom is -0.480 e. The zero-order valence-corrected chi connectivity index (χ0v) is 16.4. The molecule has 5 nitrogen and oxygen atoms in total. The fourth-order valence-electron chi connectivity index (χ4n) is 1.70. The monoisotopic (exact) mass is 465 g/mol. The molecule has 0 atom stereocenters. The molecule has 0 saturated carbocycles. The lowest BCUT2D eigenvalue weighted by Crippen LogP contribution is -2.23. The van der Waals surface area contributed by atoms with E-state index >= 15 is 0 Å². The normalized spacial score (nSPS) is 10.2. The number of amides is 1. The standard InChI is InChI=1S/C16H11BrCl3NO4/c17-9-2-1-3-10(4-9)21-15(22)7-25-16(23)8-24-14-6-12(19)11(18)5-13(14)20/h1-6H,7-8H2,(H,21,22). The SMILES string of the molecule is O=C(COC(=O)COc1cc(Cl)c(Cl)cc1Cl)Nc1cccc(Br)c1. The topological polar surface area (TPSA) is 64.6 Å². The van der Waals surface area contributed by atoms with Gasteiger partial charge in [-0.3, -0.25) is 4.79 Å². The molecule has 0 aliphatic carbocycles. The minimum absolute atomic E-state index is 0.187. The van der Waals surface area contributed by atoms with Crippen LogP contribution in [0.2, 0.25) is 15.1 Å². The highest BCUT2D eigenvalue weighted by Crippen LogP contribution is 2.33. The molecule has 9 heteroatoms. The molecule has 0 saturated heterocycles. The summed E-state index contributed by atoms with van der Waals surface area (Å²) in [5.41, 5.74) is 0.578. The van der Waals surface area contributed by atoms with Crippen molar-refractivity contribution < 1.29 is 19.1 Å². The number of esters is 1. The molecular weight excluding hydrogens is 456 g/mol. The Labute approximate surface area is 167 Å². The lowest BCUT2D eigenvalue weighted by atomic mass is 10.3. The van der Waals surface area contributed by atoms with Gasteiger partial charge in [-0.1, -0.05) is 56.8 Å². The van der Waals surface area contributed by atoms with Gasteiger partial charge in [0.15, 0.2) is 13.2 Å². The lowest BCUT2D eigenvalue weighted by molar-refractivity contribution is -0.149. The Hall–Kier alpha value is -1.47. The molecule has 0 aromatic heterocycles. The van der Waals surface area contributed by atoms with Gasteiger partial charge in [-0.2, -0.15) is 0 Å². The zero-order valence-electron chi connectivity index (χ0n) is 12.5. The van der Waals surface area contributed by atoms with Gasteiger partial charge in [0.1, 0.15) is 5.75 Å². The van der Waals surface area contributed by atoms with E-state index in [1.807, 2.05) is 6.07 Å². The van der Waals surface area contributed by atoms with Gasteiger partial charge in [-0.15, -0.1) is 0 Å². The van der Waals surface area contributed by atoms with Crippen LogP contribution in [-0.2, 0) is 14.3 Å². The first kappa shape index (κ1) is 19.8. The number of nitrogens with one attached hydrogen (secondary N) is 1. The molecule has 2 rings (SSSR count). The maximum atomic E-state index is 11.7. The molecule has 0 fully saturated rings. The van der Waals surface area contributed by atoms with Crippen molar-refractivity contribution >= 4 is 68.3 Å². The molecule has 0 unspecified atom stereocenters. The number of anilines is 1. The van der Waals surface area contributed by atoms with Crippen LogP contribution in [0.25, 0.3) is 0 Å². The Morgan fingerprint density at radius 2 is 1.72 bits per heavy atom. The summed E-state index contributed by atoms with van der Waals surface area (Å²) >= 11 is 20.9. The van der Waals surface area contributed by atoms with Crippen LogP contribution in [0.5, 0.6) is 5.75 Å². The third-order valence-electron chi connectivity index (χ3n) is 2.79. The maximum absolute atomic E-state index is 11.7.